The number of para-hydroxylation sites is 1. The number of fused-ring (bicyclic) bond motifs is 1. The first-order valence-electron chi connectivity index (χ1n) is 8.10. The first-order chi connectivity index (χ1) is 10.6. The van der Waals surface area contributed by atoms with Gasteiger partial charge in [0, 0.05) is 22.9 Å². The van der Waals surface area contributed by atoms with Crippen LogP contribution in [0.5, 0.6) is 0 Å². The van der Waals surface area contributed by atoms with Crippen molar-refractivity contribution in [2.24, 2.45) is 11.7 Å². The third-order valence-electron chi connectivity index (χ3n) is 4.72. The lowest BCUT2D eigenvalue weighted by Gasteiger charge is -2.26. The molecule has 2 aromatic rings. The number of nitrogens with one attached hydrogen (secondary N) is 1. The van der Waals surface area contributed by atoms with Gasteiger partial charge in [-0.05, 0) is 39.2 Å². The number of furan rings is 1. The van der Waals surface area contributed by atoms with E-state index in [4.69, 9.17) is 10.2 Å². The average molecular weight is 337 g/mol. The van der Waals surface area contributed by atoms with Crippen LogP contribution in [0.4, 0.5) is 0 Å². The van der Waals surface area contributed by atoms with Crippen LogP contribution >= 0.6 is 12.4 Å². The van der Waals surface area contributed by atoms with E-state index in [1.165, 1.54) is 0 Å². The first-order valence-corrected chi connectivity index (χ1v) is 8.10. The molecule has 1 aromatic carbocycles. The van der Waals surface area contributed by atoms with E-state index in [2.05, 4.69) is 5.32 Å². The molecule has 3 atom stereocenters. The number of carbonyl (C=O) groups is 1. The van der Waals surface area contributed by atoms with E-state index in [0.717, 1.165) is 48.0 Å². The highest BCUT2D eigenvalue weighted by Crippen LogP contribution is 2.30. The van der Waals surface area contributed by atoms with Crippen molar-refractivity contribution in [3.63, 3.8) is 0 Å². The minimum absolute atomic E-state index is 0. The summed E-state index contributed by atoms with van der Waals surface area (Å²) in [6.45, 7) is 4.02. The molecular weight excluding hydrogens is 312 g/mol. The Morgan fingerprint density at radius 1 is 1.35 bits per heavy atom. The van der Waals surface area contributed by atoms with Crippen LogP contribution in [0.15, 0.2) is 28.7 Å². The van der Waals surface area contributed by atoms with Gasteiger partial charge in [0.05, 0.1) is 6.04 Å². The molecule has 1 aliphatic rings. The van der Waals surface area contributed by atoms with Crippen molar-refractivity contribution in [2.75, 3.05) is 0 Å². The summed E-state index contributed by atoms with van der Waals surface area (Å²) in [7, 11) is 0. The van der Waals surface area contributed by atoms with Crippen LogP contribution in [0.3, 0.4) is 0 Å². The number of amides is 1. The number of hydrogen-bond acceptors (Lipinski definition) is 3. The maximum atomic E-state index is 12.4. The number of hydrogen-bond donors (Lipinski definition) is 2. The standard InChI is InChI=1S/C18H24N2O2.ClH/c1-11-15-8-3-4-9-16(15)22-17(11)12(2)20-18(21)13-6-5-7-14(19)10-13;/h3-4,8-9,12-14H,5-7,10,19H2,1-2H3,(H,20,21);1H. The summed E-state index contributed by atoms with van der Waals surface area (Å²) in [5.41, 5.74) is 7.95. The van der Waals surface area contributed by atoms with Crippen LogP contribution in [0.25, 0.3) is 11.0 Å². The zero-order valence-electron chi connectivity index (χ0n) is 13.7. The van der Waals surface area contributed by atoms with Gasteiger partial charge >= 0.3 is 0 Å². The molecule has 23 heavy (non-hydrogen) atoms. The summed E-state index contributed by atoms with van der Waals surface area (Å²) in [6, 6.07) is 8.00. The number of carbonyl (C=O) groups excluding carboxylic acids is 1. The van der Waals surface area contributed by atoms with E-state index < -0.39 is 0 Å². The van der Waals surface area contributed by atoms with Crippen LogP contribution in [0.1, 0.15) is 50.0 Å². The number of benzene rings is 1. The smallest absolute Gasteiger partial charge is 0.223 e. The van der Waals surface area contributed by atoms with Crippen LogP contribution in [0, 0.1) is 12.8 Å². The minimum atomic E-state index is -0.127. The van der Waals surface area contributed by atoms with Gasteiger partial charge in [-0.2, -0.15) is 0 Å². The fourth-order valence-corrected chi connectivity index (χ4v) is 3.47. The highest BCUT2D eigenvalue weighted by atomic mass is 35.5. The van der Waals surface area contributed by atoms with E-state index in [9.17, 15) is 4.79 Å². The molecule has 4 nitrogen and oxygen atoms in total. The molecule has 3 unspecified atom stereocenters. The minimum Gasteiger partial charge on any atom is -0.459 e. The van der Waals surface area contributed by atoms with Crippen LogP contribution in [-0.2, 0) is 4.79 Å². The molecule has 1 aliphatic carbocycles. The van der Waals surface area contributed by atoms with Crippen molar-refractivity contribution in [3.8, 4) is 0 Å². The number of nitrogens with two attached hydrogens (primary N) is 1. The van der Waals surface area contributed by atoms with Crippen molar-refractivity contribution >= 4 is 29.3 Å². The summed E-state index contributed by atoms with van der Waals surface area (Å²) in [4.78, 5) is 12.4. The molecule has 5 heteroatoms. The number of aryl methyl sites for hydroxylation is 1. The predicted molar refractivity (Wildman–Crippen MR) is 94.7 cm³/mol. The Balaban J connectivity index is 0.00000192. The normalized spacial score (nSPS) is 22.4. The Bertz CT molecular complexity index is 683. The van der Waals surface area contributed by atoms with Gasteiger partial charge in [0.25, 0.3) is 0 Å². The zero-order valence-corrected chi connectivity index (χ0v) is 14.5. The molecule has 1 fully saturated rings. The highest BCUT2D eigenvalue weighted by Gasteiger charge is 2.27. The summed E-state index contributed by atoms with van der Waals surface area (Å²) in [5.74, 6) is 0.980. The van der Waals surface area contributed by atoms with Crippen molar-refractivity contribution in [1.29, 1.82) is 0 Å². The molecule has 0 radical (unpaired) electrons. The van der Waals surface area contributed by atoms with Crippen molar-refractivity contribution in [3.05, 3.63) is 35.6 Å². The SMILES string of the molecule is Cc1c(C(C)NC(=O)C2CCCC(N)C2)oc2ccccc12.Cl. The monoisotopic (exact) mass is 336 g/mol. The second-order valence-corrected chi connectivity index (χ2v) is 6.44. The lowest BCUT2D eigenvalue weighted by molar-refractivity contribution is -0.126. The Morgan fingerprint density at radius 3 is 2.78 bits per heavy atom. The molecule has 0 aliphatic heterocycles. The van der Waals surface area contributed by atoms with E-state index in [0.29, 0.717) is 0 Å². The van der Waals surface area contributed by atoms with Gasteiger partial charge in [-0.15, -0.1) is 12.4 Å². The van der Waals surface area contributed by atoms with E-state index in [-0.39, 0.29) is 36.3 Å². The molecule has 1 amide bonds. The molecular formula is C18H25ClN2O2. The Kier molecular flexibility index (Phi) is 5.71. The van der Waals surface area contributed by atoms with Crippen molar-refractivity contribution in [2.45, 2.75) is 51.6 Å². The first kappa shape index (κ1) is 17.8. The van der Waals surface area contributed by atoms with E-state index in [1.54, 1.807) is 0 Å². The van der Waals surface area contributed by atoms with E-state index in [1.807, 2.05) is 38.1 Å². The third kappa shape index (κ3) is 3.70. The fraction of sp³-hybridized carbons (Fsp3) is 0.500. The van der Waals surface area contributed by atoms with Gasteiger partial charge in [0.1, 0.15) is 11.3 Å². The number of halogens is 1. The van der Waals surface area contributed by atoms with Gasteiger partial charge in [0.15, 0.2) is 0 Å². The molecule has 1 aromatic heterocycles. The molecule has 0 bridgehead atoms. The Hall–Kier alpha value is -1.52. The van der Waals surface area contributed by atoms with Crippen molar-refractivity contribution < 1.29 is 9.21 Å². The quantitative estimate of drug-likeness (QED) is 0.894. The molecule has 126 valence electrons. The molecule has 1 saturated carbocycles. The lowest BCUT2D eigenvalue weighted by atomic mass is 9.85. The highest BCUT2D eigenvalue weighted by molar-refractivity contribution is 5.85. The second-order valence-electron chi connectivity index (χ2n) is 6.44. The molecule has 0 spiro atoms. The predicted octanol–water partition coefficient (Wildman–Crippen LogP) is 3.86. The number of rotatable bonds is 3. The summed E-state index contributed by atoms with van der Waals surface area (Å²) in [5, 5.41) is 4.21. The molecule has 1 heterocycles. The van der Waals surface area contributed by atoms with Gasteiger partial charge in [-0.25, -0.2) is 0 Å². The van der Waals surface area contributed by atoms with Crippen molar-refractivity contribution in [1.82, 2.24) is 5.32 Å². The topological polar surface area (TPSA) is 68.3 Å². The van der Waals surface area contributed by atoms with Crippen LogP contribution in [0.2, 0.25) is 0 Å². The molecule has 0 saturated heterocycles. The second kappa shape index (κ2) is 7.37. The summed E-state index contributed by atoms with van der Waals surface area (Å²) in [6.07, 6.45) is 3.79. The summed E-state index contributed by atoms with van der Waals surface area (Å²) >= 11 is 0. The molecule has 3 rings (SSSR count). The summed E-state index contributed by atoms with van der Waals surface area (Å²) < 4.78 is 5.93. The van der Waals surface area contributed by atoms with Gasteiger partial charge in [0.2, 0.25) is 5.91 Å². The largest absolute Gasteiger partial charge is 0.459 e. The molecule has 3 N–H and O–H groups in total. The van der Waals surface area contributed by atoms with Gasteiger partial charge in [-0.1, -0.05) is 24.6 Å². The third-order valence-corrected chi connectivity index (χ3v) is 4.72. The Morgan fingerprint density at radius 2 is 2.09 bits per heavy atom. The van der Waals surface area contributed by atoms with Gasteiger partial charge in [-0.3, -0.25) is 4.79 Å². The van der Waals surface area contributed by atoms with E-state index >= 15 is 0 Å². The average Bonchev–Trinajstić information content (AvgIpc) is 2.85. The Labute approximate surface area is 143 Å². The maximum Gasteiger partial charge on any atom is 0.223 e. The van der Waals surface area contributed by atoms with Gasteiger partial charge < -0.3 is 15.5 Å². The lowest BCUT2D eigenvalue weighted by Crippen LogP contribution is -2.38. The fourth-order valence-electron chi connectivity index (χ4n) is 3.47. The van der Waals surface area contributed by atoms with Crippen LogP contribution < -0.4 is 11.1 Å². The maximum absolute atomic E-state index is 12.4. The zero-order chi connectivity index (χ0) is 15.7. The van der Waals surface area contributed by atoms with Crippen LogP contribution in [-0.4, -0.2) is 11.9 Å².